The topological polar surface area (TPSA) is 78.9 Å². The van der Waals surface area contributed by atoms with E-state index in [-0.39, 0.29) is 5.76 Å². The number of ketones is 2. The van der Waals surface area contributed by atoms with Crippen molar-refractivity contribution in [3.8, 4) is 11.5 Å². The van der Waals surface area contributed by atoms with Crippen molar-refractivity contribution in [1.29, 1.82) is 0 Å². The molecule has 0 amide bonds. The first kappa shape index (κ1) is 18.4. The van der Waals surface area contributed by atoms with Crippen LogP contribution in [-0.2, 0) is 19.1 Å². The van der Waals surface area contributed by atoms with E-state index >= 15 is 0 Å². The van der Waals surface area contributed by atoms with Crippen LogP contribution in [0.15, 0.2) is 36.1 Å². The Morgan fingerprint density at radius 3 is 2.68 bits per heavy atom. The first-order chi connectivity index (χ1) is 12.0. The van der Waals surface area contributed by atoms with Crippen LogP contribution in [0.3, 0.4) is 0 Å². The van der Waals surface area contributed by atoms with E-state index in [2.05, 4.69) is 0 Å². The molecule has 1 aromatic rings. The van der Waals surface area contributed by atoms with E-state index < -0.39 is 23.5 Å². The molecule has 132 valence electrons. The van der Waals surface area contributed by atoms with Crippen LogP contribution >= 0.6 is 0 Å². The van der Waals surface area contributed by atoms with Gasteiger partial charge in [0.05, 0.1) is 13.7 Å². The van der Waals surface area contributed by atoms with Gasteiger partial charge in [0.15, 0.2) is 29.0 Å². The lowest BCUT2D eigenvalue weighted by Crippen LogP contribution is -2.34. The Balaban J connectivity index is 2.17. The van der Waals surface area contributed by atoms with Crippen molar-refractivity contribution in [3.63, 3.8) is 0 Å². The number of rotatable bonds is 7. The molecule has 0 aromatic heterocycles. The molecule has 1 unspecified atom stereocenters. The molecular weight excluding hydrogens is 324 g/mol. The number of methoxy groups -OCH3 is 1. The fourth-order valence-corrected chi connectivity index (χ4v) is 2.30. The number of benzene rings is 1. The second kappa shape index (κ2) is 8.28. The summed E-state index contributed by atoms with van der Waals surface area (Å²) in [6.45, 7) is 4.02. The molecule has 0 saturated carbocycles. The van der Waals surface area contributed by atoms with Gasteiger partial charge < -0.3 is 14.2 Å². The van der Waals surface area contributed by atoms with Crippen LogP contribution in [-0.4, -0.2) is 31.3 Å². The zero-order chi connectivity index (χ0) is 18.4. The summed E-state index contributed by atoms with van der Waals surface area (Å²) in [6, 6.07) is 5.19. The number of hydrogen-bond donors (Lipinski definition) is 0. The van der Waals surface area contributed by atoms with Gasteiger partial charge in [0.2, 0.25) is 0 Å². The number of esters is 1. The lowest BCUT2D eigenvalue weighted by Gasteiger charge is -2.15. The van der Waals surface area contributed by atoms with Gasteiger partial charge >= 0.3 is 5.97 Å². The normalized spacial score (nSPS) is 17.2. The van der Waals surface area contributed by atoms with Crippen LogP contribution in [0.5, 0.6) is 11.5 Å². The molecule has 2 rings (SSSR count). The van der Waals surface area contributed by atoms with Crippen molar-refractivity contribution in [2.45, 2.75) is 20.3 Å². The van der Waals surface area contributed by atoms with Gasteiger partial charge in [0.25, 0.3) is 0 Å². The summed E-state index contributed by atoms with van der Waals surface area (Å²) in [7, 11) is 1.54. The highest BCUT2D eigenvalue weighted by Gasteiger charge is 2.36. The Hall–Kier alpha value is -2.89. The van der Waals surface area contributed by atoms with Crippen molar-refractivity contribution in [2.24, 2.45) is 5.92 Å². The molecule has 1 aliphatic rings. The Morgan fingerprint density at radius 1 is 1.28 bits per heavy atom. The Kier molecular flexibility index (Phi) is 6.11. The third-order valence-electron chi connectivity index (χ3n) is 3.50. The van der Waals surface area contributed by atoms with Gasteiger partial charge in [-0.05, 0) is 37.1 Å². The molecule has 1 aromatic carbocycles. The van der Waals surface area contributed by atoms with Crippen molar-refractivity contribution >= 4 is 23.6 Å². The summed E-state index contributed by atoms with van der Waals surface area (Å²) in [5, 5.41) is 0. The maximum absolute atomic E-state index is 12.2. The SMILES string of the molecule is CCCOc1cc(/C=C/C(=O)C2C(=O)C=C(C)OC2=O)ccc1OC. The van der Waals surface area contributed by atoms with Crippen molar-refractivity contribution in [2.75, 3.05) is 13.7 Å². The predicted molar refractivity (Wildman–Crippen MR) is 91.2 cm³/mol. The maximum atomic E-state index is 12.2. The molecule has 0 fully saturated rings. The minimum Gasteiger partial charge on any atom is -0.493 e. The summed E-state index contributed by atoms with van der Waals surface area (Å²) in [5.41, 5.74) is 0.684. The summed E-state index contributed by atoms with van der Waals surface area (Å²) in [6.07, 6.45) is 4.72. The third-order valence-corrected chi connectivity index (χ3v) is 3.50. The molecule has 25 heavy (non-hydrogen) atoms. The molecule has 6 heteroatoms. The van der Waals surface area contributed by atoms with E-state index in [0.717, 1.165) is 12.5 Å². The molecule has 0 radical (unpaired) electrons. The zero-order valence-electron chi connectivity index (χ0n) is 14.4. The van der Waals surface area contributed by atoms with Crippen LogP contribution in [0.1, 0.15) is 25.8 Å². The first-order valence-electron chi connectivity index (χ1n) is 7.92. The lowest BCUT2D eigenvalue weighted by atomic mass is 9.96. The molecule has 0 aliphatic carbocycles. The highest BCUT2D eigenvalue weighted by Crippen LogP contribution is 2.29. The Bertz CT molecular complexity index is 744. The van der Waals surface area contributed by atoms with Crippen molar-refractivity contribution in [3.05, 3.63) is 41.7 Å². The van der Waals surface area contributed by atoms with E-state index in [1.807, 2.05) is 6.92 Å². The molecule has 1 aliphatic heterocycles. The molecule has 0 N–H and O–H groups in total. The van der Waals surface area contributed by atoms with Crippen molar-refractivity contribution in [1.82, 2.24) is 0 Å². The second-order valence-electron chi connectivity index (χ2n) is 5.51. The maximum Gasteiger partial charge on any atom is 0.329 e. The lowest BCUT2D eigenvalue weighted by molar-refractivity contribution is -0.151. The zero-order valence-corrected chi connectivity index (χ0v) is 14.4. The van der Waals surface area contributed by atoms with Gasteiger partial charge in [-0.25, -0.2) is 0 Å². The number of ether oxygens (including phenoxy) is 3. The van der Waals surface area contributed by atoms with Gasteiger partial charge in [-0.15, -0.1) is 0 Å². The average molecular weight is 344 g/mol. The molecule has 0 saturated heterocycles. The van der Waals surface area contributed by atoms with Crippen LogP contribution in [0.25, 0.3) is 6.08 Å². The van der Waals surface area contributed by atoms with Gasteiger partial charge in [-0.2, -0.15) is 0 Å². The standard InChI is InChI=1S/C19H20O6/c1-4-9-24-17-11-13(6-8-16(17)23-3)5-7-14(20)18-15(21)10-12(2)25-19(18)22/h5-8,10-11,18H,4,9H2,1-3H3/b7-5+. The fourth-order valence-electron chi connectivity index (χ4n) is 2.30. The quantitative estimate of drug-likeness (QED) is 0.430. The predicted octanol–water partition coefficient (Wildman–Crippen LogP) is 2.71. The highest BCUT2D eigenvalue weighted by molar-refractivity contribution is 6.25. The van der Waals surface area contributed by atoms with E-state index in [1.54, 1.807) is 25.3 Å². The molecule has 0 spiro atoms. The fraction of sp³-hybridized carbons (Fsp3) is 0.316. The molecule has 0 bridgehead atoms. The number of hydrogen-bond acceptors (Lipinski definition) is 6. The van der Waals surface area contributed by atoms with E-state index in [4.69, 9.17) is 14.2 Å². The number of cyclic esters (lactones) is 1. The van der Waals surface area contributed by atoms with Crippen LogP contribution < -0.4 is 9.47 Å². The average Bonchev–Trinajstić information content (AvgIpc) is 2.57. The van der Waals surface area contributed by atoms with Gasteiger partial charge in [0, 0.05) is 6.08 Å². The smallest absolute Gasteiger partial charge is 0.329 e. The molecule has 6 nitrogen and oxygen atoms in total. The second-order valence-corrected chi connectivity index (χ2v) is 5.51. The van der Waals surface area contributed by atoms with Gasteiger partial charge in [0.1, 0.15) is 5.76 Å². The van der Waals surface area contributed by atoms with E-state index in [1.165, 1.54) is 19.1 Å². The van der Waals surface area contributed by atoms with E-state index in [9.17, 15) is 14.4 Å². The largest absolute Gasteiger partial charge is 0.493 e. The van der Waals surface area contributed by atoms with Crippen molar-refractivity contribution < 1.29 is 28.6 Å². The number of carbonyl (C=O) groups is 3. The molecular formula is C19H20O6. The Morgan fingerprint density at radius 2 is 2.04 bits per heavy atom. The first-order valence-corrected chi connectivity index (χ1v) is 7.92. The third kappa shape index (κ3) is 4.56. The summed E-state index contributed by atoms with van der Waals surface area (Å²) < 4.78 is 15.7. The van der Waals surface area contributed by atoms with Crippen LogP contribution in [0.4, 0.5) is 0 Å². The number of allylic oxidation sites excluding steroid dienone is 3. The summed E-state index contributed by atoms with van der Waals surface area (Å²) in [5.74, 6) is -2.13. The van der Waals surface area contributed by atoms with Crippen LogP contribution in [0, 0.1) is 5.92 Å². The minimum absolute atomic E-state index is 0.191. The highest BCUT2D eigenvalue weighted by atomic mass is 16.5. The minimum atomic E-state index is -1.44. The Labute approximate surface area is 146 Å². The van der Waals surface area contributed by atoms with Gasteiger partial charge in [-0.3, -0.25) is 14.4 Å². The van der Waals surface area contributed by atoms with Gasteiger partial charge in [-0.1, -0.05) is 19.1 Å². The number of carbonyl (C=O) groups excluding carboxylic acids is 3. The van der Waals surface area contributed by atoms with E-state index in [0.29, 0.717) is 23.7 Å². The molecule has 1 atom stereocenters. The summed E-state index contributed by atoms with van der Waals surface area (Å²) in [4.78, 5) is 35.8. The molecule has 1 heterocycles. The summed E-state index contributed by atoms with van der Waals surface area (Å²) >= 11 is 0. The van der Waals surface area contributed by atoms with Crippen LogP contribution in [0.2, 0.25) is 0 Å². The monoisotopic (exact) mass is 344 g/mol.